The Morgan fingerprint density at radius 2 is 1.91 bits per heavy atom. The molecule has 1 saturated carbocycles. The molecule has 1 fully saturated rings. The second-order valence-corrected chi connectivity index (χ2v) is 6.07. The van der Waals surface area contributed by atoms with Crippen LogP contribution in [0.3, 0.4) is 0 Å². The van der Waals surface area contributed by atoms with Gasteiger partial charge in [-0.15, -0.1) is 0 Å². The molecule has 3 rings (SSSR count). The predicted octanol–water partition coefficient (Wildman–Crippen LogP) is 4.17. The molecule has 1 heterocycles. The normalized spacial score (nSPS) is 15.6. The van der Waals surface area contributed by atoms with E-state index in [-0.39, 0.29) is 5.91 Å². The summed E-state index contributed by atoms with van der Waals surface area (Å²) < 4.78 is 1.77. The van der Waals surface area contributed by atoms with Crippen molar-refractivity contribution in [1.82, 2.24) is 9.78 Å². The molecule has 1 aromatic heterocycles. The summed E-state index contributed by atoms with van der Waals surface area (Å²) in [5.74, 6) is 1.43. The van der Waals surface area contributed by atoms with Gasteiger partial charge in [0.2, 0.25) is 5.91 Å². The lowest BCUT2D eigenvalue weighted by Crippen LogP contribution is -2.15. The van der Waals surface area contributed by atoms with Crippen molar-refractivity contribution in [3.63, 3.8) is 0 Å². The van der Waals surface area contributed by atoms with E-state index < -0.39 is 0 Å². The molecule has 0 saturated heterocycles. The summed E-state index contributed by atoms with van der Waals surface area (Å²) >= 11 is 0. The third-order valence-corrected chi connectivity index (χ3v) is 4.38. The van der Waals surface area contributed by atoms with Gasteiger partial charge < -0.3 is 5.32 Å². The fourth-order valence-electron chi connectivity index (χ4n) is 3.13. The van der Waals surface area contributed by atoms with Crippen molar-refractivity contribution < 1.29 is 4.79 Å². The minimum atomic E-state index is 0.0730. The lowest BCUT2D eigenvalue weighted by Gasteiger charge is -2.20. The van der Waals surface area contributed by atoms with Gasteiger partial charge in [-0.2, -0.15) is 5.10 Å². The van der Waals surface area contributed by atoms with Crippen LogP contribution in [0.5, 0.6) is 0 Å². The summed E-state index contributed by atoms with van der Waals surface area (Å²) in [7, 11) is 0. The molecule has 0 atom stereocenters. The van der Waals surface area contributed by atoms with Crippen LogP contribution in [0.15, 0.2) is 42.6 Å². The van der Waals surface area contributed by atoms with Crippen LogP contribution in [0, 0.1) is 5.92 Å². The van der Waals surface area contributed by atoms with E-state index in [4.69, 9.17) is 0 Å². The van der Waals surface area contributed by atoms with Crippen LogP contribution >= 0.6 is 0 Å². The largest absolute Gasteiger partial charge is 0.309 e. The van der Waals surface area contributed by atoms with Gasteiger partial charge in [-0.05, 0) is 24.5 Å². The maximum atomic E-state index is 12.0. The molecule has 1 aromatic carbocycles. The number of nitrogens with one attached hydrogen (secondary N) is 1. The number of hydrogen-bond donors (Lipinski definition) is 1. The Hall–Kier alpha value is -2.10. The Labute approximate surface area is 131 Å². The van der Waals surface area contributed by atoms with E-state index in [1.165, 1.54) is 32.1 Å². The number of benzene rings is 1. The molecule has 116 valence electrons. The van der Waals surface area contributed by atoms with Gasteiger partial charge in [0.1, 0.15) is 0 Å². The van der Waals surface area contributed by atoms with Crippen LogP contribution in [0.25, 0.3) is 5.69 Å². The highest BCUT2D eigenvalue weighted by molar-refractivity contribution is 5.89. The van der Waals surface area contributed by atoms with Crippen LogP contribution < -0.4 is 5.32 Å². The molecule has 1 amide bonds. The molecule has 0 unspecified atom stereocenters. The molecule has 1 N–H and O–H groups in total. The Bertz CT molecular complexity index is 600. The summed E-state index contributed by atoms with van der Waals surface area (Å²) in [6, 6.07) is 11.7. The van der Waals surface area contributed by atoms with Gasteiger partial charge >= 0.3 is 0 Å². The topological polar surface area (TPSA) is 46.9 Å². The molecule has 1 aliphatic carbocycles. The van der Waals surface area contributed by atoms with E-state index in [1.54, 1.807) is 4.68 Å². The number of aromatic nitrogens is 2. The highest BCUT2D eigenvalue weighted by Crippen LogP contribution is 2.27. The average Bonchev–Trinajstić information content (AvgIpc) is 3.03. The van der Waals surface area contributed by atoms with E-state index in [0.717, 1.165) is 18.0 Å². The Balaban J connectivity index is 1.50. The summed E-state index contributed by atoms with van der Waals surface area (Å²) in [5, 5.41) is 7.30. The van der Waals surface area contributed by atoms with Crippen molar-refractivity contribution in [3.8, 4) is 5.69 Å². The standard InChI is InChI=1S/C18H23N3O/c22-18(12-11-15-7-3-1-4-8-15)19-17-13-14-21(20-17)16-9-5-2-6-10-16/h2,5-6,9-10,13-15H,1,3-4,7-8,11-12H2,(H,19,20,22). The first-order valence-electron chi connectivity index (χ1n) is 8.22. The molecule has 0 aliphatic heterocycles. The molecule has 2 aromatic rings. The zero-order valence-electron chi connectivity index (χ0n) is 12.9. The minimum absolute atomic E-state index is 0.0730. The Morgan fingerprint density at radius 3 is 2.68 bits per heavy atom. The SMILES string of the molecule is O=C(CCC1CCCCC1)Nc1ccn(-c2ccccc2)n1. The smallest absolute Gasteiger partial charge is 0.225 e. The summed E-state index contributed by atoms with van der Waals surface area (Å²) in [5.41, 5.74) is 0.991. The van der Waals surface area contributed by atoms with Crippen molar-refractivity contribution in [2.45, 2.75) is 44.9 Å². The van der Waals surface area contributed by atoms with Crippen LogP contribution in [0.1, 0.15) is 44.9 Å². The van der Waals surface area contributed by atoms with E-state index in [9.17, 15) is 4.79 Å². The predicted molar refractivity (Wildman–Crippen MR) is 88.0 cm³/mol. The lowest BCUT2D eigenvalue weighted by atomic mass is 9.86. The van der Waals surface area contributed by atoms with Crippen molar-refractivity contribution in [2.75, 3.05) is 5.32 Å². The van der Waals surface area contributed by atoms with Gasteiger partial charge in [0.15, 0.2) is 5.82 Å². The maximum Gasteiger partial charge on any atom is 0.225 e. The number of carbonyl (C=O) groups is 1. The van der Waals surface area contributed by atoms with Crippen molar-refractivity contribution in [2.24, 2.45) is 5.92 Å². The van der Waals surface area contributed by atoms with Gasteiger partial charge in [0.25, 0.3) is 0 Å². The monoisotopic (exact) mass is 297 g/mol. The summed E-state index contributed by atoms with van der Waals surface area (Å²) in [4.78, 5) is 12.0. The number of nitrogens with zero attached hydrogens (tertiary/aromatic N) is 2. The minimum Gasteiger partial charge on any atom is -0.309 e. The van der Waals surface area contributed by atoms with E-state index in [2.05, 4.69) is 10.4 Å². The quantitative estimate of drug-likeness (QED) is 0.900. The van der Waals surface area contributed by atoms with Gasteiger partial charge in [0.05, 0.1) is 5.69 Å². The molecule has 1 aliphatic rings. The molecule has 22 heavy (non-hydrogen) atoms. The number of rotatable bonds is 5. The molecule has 0 bridgehead atoms. The molecule has 0 spiro atoms. The number of amides is 1. The second kappa shape index (κ2) is 7.25. The van der Waals surface area contributed by atoms with E-state index in [1.807, 2.05) is 42.6 Å². The fourth-order valence-corrected chi connectivity index (χ4v) is 3.13. The number of para-hydroxylation sites is 1. The van der Waals surface area contributed by atoms with Gasteiger partial charge in [-0.25, -0.2) is 4.68 Å². The Morgan fingerprint density at radius 1 is 1.14 bits per heavy atom. The number of carbonyl (C=O) groups excluding carboxylic acids is 1. The van der Waals surface area contributed by atoms with Gasteiger partial charge in [-0.1, -0.05) is 50.3 Å². The molecule has 4 nitrogen and oxygen atoms in total. The number of hydrogen-bond acceptors (Lipinski definition) is 2. The highest BCUT2D eigenvalue weighted by atomic mass is 16.1. The van der Waals surface area contributed by atoms with Crippen LogP contribution in [-0.4, -0.2) is 15.7 Å². The van der Waals surface area contributed by atoms with Crippen LogP contribution in [-0.2, 0) is 4.79 Å². The van der Waals surface area contributed by atoms with Crippen molar-refractivity contribution >= 4 is 11.7 Å². The van der Waals surface area contributed by atoms with E-state index in [0.29, 0.717) is 12.2 Å². The second-order valence-electron chi connectivity index (χ2n) is 6.07. The first-order valence-corrected chi connectivity index (χ1v) is 8.22. The third-order valence-electron chi connectivity index (χ3n) is 4.38. The van der Waals surface area contributed by atoms with Crippen molar-refractivity contribution in [3.05, 3.63) is 42.6 Å². The lowest BCUT2D eigenvalue weighted by molar-refractivity contribution is -0.116. The molecular weight excluding hydrogens is 274 g/mol. The molecule has 0 radical (unpaired) electrons. The van der Waals surface area contributed by atoms with Crippen LogP contribution in [0.4, 0.5) is 5.82 Å². The van der Waals surface area contributed by atoms with Gasteiger partial charge in [-0.3, -0.25) is 4.79 Å². The first-order chi connectivity index (χ1) is 10.8. The average molecular weight is 297 g/mol. The number of anilines is 1. The van der Waals surface area contributed by atoms with E-state index >= 15 is 0 Å². The van der Waals surface area contributed by atoms with Crippen molar-refractivity contribution in [1.29, 1.82) is 0 Å². The summed E-state index contributed by atoms with van der Waals surface area (Å²) in [6.07, 6.45) is 10.1. The zero-order chi connectivity index (χ0) is 15.2. The maximum absolute atomic E-state index is 12.0. The van der Waals surface area contributed by atoms with Crippen LogP contribution in [0.2, 0.25) is 0 Å². The first kappa shape index (κ1) is 14.8. The molecule has 4 heteroatoms. The Kier molecular flexibility index (Phi) is 4.88. The molecular formula is C18H23N3O. The fraction of sp³-hybridized carbons (Fsp3) is 0.444. The zero-order valence-corrected chi connectivity index (χ0v) is 12.9. The highest BCUT2D eigenvalue weighted by Gasteiger charge is 2.15. The third kappa shape index (κ3) is 3.97. The van der Waals surface area contributed by atoms with Gasteiger partial charge in [0, 0.05) is 18.7 Å². The summed E-state index contributed by atoms with van der Waals surface area (Å²) in [6.45, 7) is 0.